The van der Waals surface area contributed by atoms with Crippen molar-refractivity contribution in [3.05, 3.63) is 0 Å². The van der Waals surface area contributed by atoms with Crippen molar-refractivity contribution in [3.63, 3.8) is 0 Å². The Hall–Kier alpha value is -0.0800. The van der Waals surface area contributed by atoms with E-state index in [9.17, 15) is 5.11 Å². The van der Waals surface area contributed by atoms with Crippen LogP contribution in [0.4, 0.5) is 0 Å². The molecule has 1 N–H and O–H groups in total. The highest BCUT2D eigenvalue weighted by molar-refractivity contribution is 4.92. The lowest BCUT2D eigenvalue weighted by molar-refractivity contribution is -0.0308. The maximum atomic E-state index is 10.3. The van der Waals surface area contributed by atoms with Crippen LogP contribution in [0, 0.1) is 23.7 Å². The van der Waals surface area contributed by atoms with Crippen molar-refractivity contribution in [2.45, 2.75) is 57.7 Å². The second-order valence-corrected chi connectivity index (χ2v) is 6.34. The highest BCUT2D eigenvalue weighted by atomic mass is 16.5. The van der Waals surface area contributed by atoms with Gasteiger partial charge in [-0.15, -0.1) is 0 Å². The van der Waals surface area contributed by atoms with Crippen LogP contribution in [0.3, 0.4) is 0 Å². The van der Waals surface area contributed by atoms with Gasteiger partial charge in [0.2, 0.25) is 0 Å². The van der Waals surface area contributed by atoms with Crippen LogP contribution >= 0.6 is 0 Å². The summed E-state index contributed by atoms with van der Waals surface area (Å²) in [7, 11) is 0. The summed E-state index contributed by atoms with van der Waals surface area (Å²) in [5.41, 5.74) is 0. The molecule has 1 aliphatic heterocycles. The molecule has 0 radical (unpaired) electrons. The molecule has 2 bridgehead atoms. The van der Waals surface area contributed by atoms with Gasteiger partial charge in [0.1, 0.15) is 0 Å². The first-order valence-corrected chi connectivity index (χ1v) is 7.03. The first-order chi connectivity index (χ1) is 7.74. The van der Waals surface area contributed by atoms with Crippen molar-refractivity contribution in [2.75, 3.05) is 6.61 Å². The van der Waals surface area contributed by atoms with Crippen LogP contribution in [0.5, 0.6) is 0 Å². The lowest BCUT2D eigenvalue weighted by Crippen LogP contribution is -2.32. The van der Waals surface area contributed by atoms with Crippen LogP contribution in [0.15, 0.2) is 0 Å². The summed E-state index contributed by atoms with van der Waals surface area (Å²) >= 11 is 0. The zero-order chi connectivity index (χ0) is 11.1. The van der Waals surface area contributed by atoms with Gasteiger partial charge in [0.15, 0.2) is 0 Å². The average Bonchev–Trinajstić information content (AvgIpc) is 2.92. The topological polar surface area (TPSA) is 29.5 Å². The van der Waals surface area contributed by atoms with Crippen molar-refractivity contribution >= 4 is 0 Å². The van der Waals surface area contributed by atoms with Gasteiger partial charge in [-0.05, 0) is 55.8 Å². The maximum Gasteiger partial charge on any atom is 0.0860 e. The van der Waals surface area contributed by atoms with Gasteiger partial charge in [0.05, 0.1) is 12.2 Å². The molecule has 0 aromatic rings. The number of ether oxygens (including phenoxy) is 1. The third-order valence-corrected chi connectivity index (χ3v) is 5.25. The predicted octanol–water partition coefficient (Wildman–Crippen LogP) is 2.60. The number of hydrogen-bond donors (Lipinski definition) is 1. The third kappa shape index (κ3) is 1.91. The van der Waals surface area contributed by atoms with E-state index in [-0.39, 0.29) is 12.2 Å². The summed E-state index contributed by atoms with van der Waals surface area (Å²) in [5, 5.41) is 10.3. The minimum absolute atomic E-state index is 0.124. The standard InChI is InChI=1S/C14H24O2/c1-9-4-5-16-14(9)13(15)8-12-7-10-2-3-11(12)6-10/h9-15H,2-8H2,1H3. The fourth-order valence-electron chi connectivity index (χ4n) is 4.32. The Kier molecular flexibility index (Phi) is 2.97. The van der Waals surface area contributed by atoms with E-state index in [1.165, 1.54) is 25.7 Å². The van der Waals surface area contributed by atoms with Crippen LogP contribution < -0.4 is 0 Å². The van der Waals surface area contributed by atoms with Crippen molar-refractivity contribution < 1.29 is 9.84 Å². The molecule has 3 fully saturated rings. The first-order valence-electron chi connectivity index (χ1n) is 7.03. The molecule has 2 nitrogen and oxygen atoms in total. The molecule has 0 aromatic carbocycles. The van der Waals surface area contributed by atoms with E-state index in [0.29, 0.717) is 5.92 Å². The number of rotatable bonds is 3. The number of fused-ring (bicyclic) bond motifs is 2. The minimum Gasteiger partial charge on any atom is -0.390 e. The van der Waals surface area contributed by atoms with Crippen LogP contribution in [-0.2, 0) is 4.74 Å². The quantitative estimate of drug-likeness (QED) is 0.798. The lowest BCUT2D eigenvalue weighted by atomic mass is 9.82. The van der Waals surface area contributed by atoms with Crippen molar-refractivity contribution in [1.82, 2.24) is 0 Å². The molecule has 0 spiro atoms. The van der Waals surface area contributed by atoms with E-state index in [0.717, 1.165) is 37.2 Å². The first kappa shape index (κ1) is 11.0. The van der Waals surface area contributed by atoms with Crippen LogP contribution in [0.1, 0.15) is 45.4 Å². The van der Waals surface area contributed by atoms with Crippen LogP contribution in [0.2, 0.25) is 0 Å². The van der Waals surface area contributed by atoms with Crippen molar-refractivity contribution in [2.24, 2.45) is 23.7 Å². The molecule has 2 aliphatic carbocycles. The molecule has 2 heteroatoms. The molecule has 6 unspecified atom stereocenters. The summed E-state index contributed by atoms with van der Waals surface area (Å²) in [6.07, 6.45) is 7.73. The monoisotopic (exact) mass is 224 g/mol. The second-order valence-electron chi connectivity index (χ2n) is 6.34. The Morgan fingerprint density at radius 1 is 1.25 bits per heavy atom. The molecule has 1 saturated heterocycles. The van der Waals surface area contributed by atoms with Crippen LogP contribution in [-0.4, -0.2) is 23.9 Å². The number of aliphatic hydroxyl groups is 1. The van der Waals surface area contributed by atoms with Gasteiger partial charge >= 0.3 is 0 Å². The average molecular weight is 224 g/mol. The van der Waals surface area contributed by atoms with Gasteiger partial charge < -0.3 is 9.84 Å². The molecule has 0 amide bonds. The van der Waals surface area contributed by atoms with E-state index in [2.05, 4.69) is 6.92 Å². The number of aliphatic hydroxyl groups excluding tert-OH is 1. The largest absolute Gasteiger partial charge is 0.390 e. The second kappa shape index (κ2) is 4.30. The third-order valence-electron chi connectivity index (χ3n) is 5.25. The Morgan fingerprint density at radius 2 is 2.12 bits per heavy atom. The Morgan fingerprint density at radius 3 is 2.69 bits per heavy atom. The maximum absolute atomic E-state index is 10.3. The Bertz CT molecular complexity index is 253. The molecular weight excluding hydrogens is 200 g/mol. The molecule has 92 valence electrons. The molecule has 16 heavy (non-hydrogen) atoms. The minimum atomic E-state index is -0.207. The van der Waals surface area contributed by atoms with Crippen molar-refractivity contribution in [1.29, 1.82) is 0 Å². The molecular formula is C14H24O2. The SMILES string of the molecule is CC1CCOC1C(O)CC1CC2CCC1C2. The zero-order valence-corrected chi connectivity index (χ0v) is 10.3. The summed E-state index contributed by atoms with van der Waals surface area (Å²) < 4.78 is 5.67. The summed E-state index contributed by atoms with van der Waals surface area (Å²) in [4.78, 5) is 0. The van der Waals surface area contributed by atoms with Crippen molar-refractivity contribution in [3.8, 4) is 0 Å². The molecule has 0 aromatic heterocycles. The Labute approximate surface area is 98.4 Å². The molecule has 3 rings (SSSR count). The van der Waals surface area contributed by atoms with E-state index in [1.54, 1.807) is 0 Å². The van der Waals surface area contributed by atoms with Gasteiger partial charge in [-0.3, -0.25) is 0 Å². The van der Waals surface area contributed by atoms with Gasteiger partial charge in [-0.2, -0.15) is 0 Å². The smallest absolute Gasteiger partial charge is 0.0860 e. The number of hydrogen-bond acceptors (Lipinski definition) is 2. The fourth-order valence-corrected chi connectivity index (χ4v) is 4.32. The van der Waals surface area contributed by atoms with Gasteiger partial charge in [-0.1, -0.05) is 13.3 Å². The normalized spacial score (nSPS) is 48.8. The zero-order valence-electron chi connectivity index (χ0n) is 10.3. The molecule has 6 atom stereocenters. The summed E-state index contributed by atoms with van der Waals surface area (Å²) in [6, 6.07) is 0. The summed E-state index contributed by atoms with van der Waals surface area (Å²) in [6.45, 7) is 3.06. The van der Waals surface area contributed by atoms with Crippen LogP contribution in [0.25, 0.3) is 0 Å². The van der Waals surface area contributed by atoms with E-state index in [4.69, 9.17) is 4.74 Å². The van der Waals surface area contributed by atoms with Gasteiger partial charge in [-0.25, -0.2) is 0 Å². The molecule has 2 saturated carbocycles. The van der Waals surface area contributed by atoms with Gasteiger partial charge in [0.25, 0.3) is 0 Å². The van der Waals surface area contributed by atoms with E-state index >= 15 is 0 Å². The van der Waals surface area contributed by atoms with E-state index in [1.807, 2.05) is 0 Å². The predicted molar refractivity (Wildman–Crippen MR) is 63.1 cm³/mol. The molecule has 3 aliphatic rings. The molecule has 1 heterocycles. The lowest BCUT2D eigenvalue weighted by Gasteiger charge is -2.28. The Balaban J connectivity index is 1.54. The van der Waals surface area contributed by atoms with E-state index < -0.39 is 0 Å². The van der Waals surface area contributed by atoms with Gasteiger partial charge in [0, 0.05) is 6.61 Å². The fraction of sp³-hybridized carbons (Fsp3) is 1.00. The summed E-state index contributed by atoms with van der Waals surface area (Å²) in [5.74, 6) is 3.26. The highest BCUT2D eigenvalue weighted by Crippen LogP contribution is 2.50. The highest BCUT2D eigenvalue weighted by Gasteiger charge is 2.42.